The van der Waals surface area contributed by atoms with Crippen LogP contribution < -0.4 is 0 Å². The summed E-state index contributed by atoms with van der Waals surface area (Å²) in [6, 6.07) is 4.12. The van der Waals surface area contributed by atoms with Crippen LogP contribution in [0.1, 0.15) is 10.4 Å². The van der Waals surface area contributed by atoms with Crippen molar-refractivity contribution in [3.63, 3.8) is 0 Å². The Morgan fingerprint density at radius 2 is 2.26 bits per heavy atom. The predicted molar refractivity (Wildman–Crippen MR) is 79.0 cm³/mol. The van der Waals surface area contributed by atoms with Gasteiger partial charge in [0, 0.05) is 28.8 Å². The first-order valence-electron chi connectivity index (χ1n) is 5.46. The molecule has 0 heterocycles. The van der Waals surface area contributed by atoms with Crippen molar-refractivity contribution in [2.75, 3.05) is 19.7 Å². The fourth-order valence-corrected chi connectivity index (χ4v) is 2.08. The van der Waals surface area contributed by atoms with E-state index in [1.165, 1.54) is 29.2 Å². The first-order chi connectivity index (χ1) is 9.01. The minimum atomic E-state index is -0.545. The molecule has 0 aromatic heterocycles. The molecule has 0 radical (unpaired) electrons. The Bertz CT molecular complexity index is 505. The van der Waals surface area contributed by atoms with Gasteiger partial charge < -0.3 is 10.0 Å². The second-order valence-corrected chi connectivity index (χ2v) is 4.85. The lowest BCUT2D eigenvalue weighted by molar-refractivity contribution is -0.384. The standard InChI is InChI=1S/C12H13IN2O4/c1-2-5-14(6-7-16)12(17)10-8-9(15(18)19)3-4-11(10)13/h2-4,8,16H,1,5-7H2. The Morgan fingerprint density at radius 3 is 2.79 bits per heavy atom. The molecular weight excluding hydrogens is 363 g/mol. The highest BCUT2D eigenvalue weighted by Crippen LogP contribution is 2.21. The molecular formula is C12H13IN2O4. The van der Waals surface area contributed by atoms with E-state index < -0.39 is 4.92 Å². The number of hydrogen-bond acceptors (Lipinski definition) is 4. The molecule has 1 aromatic carbocycles. The zero-order chi connectivity index (χ0) is 14.4. The van der Waals surface area contributed by atoms with Crippen LogP contribution in [-0.2, 0) is 0 Å². The van der Waals surface area contributed by atoms with E-state index in [0.29, 0.717) is 3.57 Å². The van der Waals surface area contributed by atoms with Gasteiger partial charge in [-0.05, 0) is 28.7 Å². The zero-order valence-corrected chi connectivity index (χ0v) is 12.2. The number of nitro benzene ring substituents is 1. The molecule has 19 heavy (non-hydrogen) atoms. The molecule has 6 nitrogen and oxygen atoms in total. The summed E-state index contributed by atoms with van der Waals surface area (Å²) >= 11 is 1.95. The Labute approximate surface area is 124 Å². The van der Waals surface area contributed by atoms with E-state index >= 15 is 0 Å². The highest BCUT2D eigenvalue weighted by Gasteiger charge is 2.20. The van der Waals surface area contributed by atoms with Crippen molar-refractivity contribution < 1.29 is 14.8 Å². The van der Waals surface area contributed by atoms with E-state index in [4.69, 9.17) is 5.11 Å². The van der Waals surface area contributed by atoms with E-state index in [2.05, 4.69) is 6.58 Å². The fourth-order valence-electron chi connectivity index (χ4n) is 1.51. The van der Waals surface area contributed by atoms with Crippen LogP contribution in [0.3, 0.4) is 0 Å². The Hall–Kier alpha value is -1.48. The molecule has 0 aliphatic carbocycles. The molecule has 1 N–H and O–H groups in total. The van der Waals surface area contributed by atoms with Gasteiger partial charge in [0.15, 0.2) is 0 Å². The molecule has 1 aromatic rings. The zero-order valence-electron chi connectivity index (χ0n) is 10.1. The maximum Gasteiger partial charge on any atom is 0.270 e. The van der Waals surface area contributed by atoms with Crippen LogP contribution in [0.4, 0.5) is 5.69 Å². The molecule has 0 saturated carbocycles. The van der Waals surface area contributed by atoms with Crippen molar-refractivity contribution in [1.29, 1.82) is 0 Å². The van der Waals surface area contributed by atoms with Crippen LogP contribution in [0, 0.1) is 13.7 Å². The third kappa shape index (κ3) is 4.00. The highest BCUT2D eigenvalue weighted by atomic mass is 127. The fraction of sp³-hybridized carbons (Fsp3) is 0.250. The number of nitrogens with zero attached hydrogens (tertiary/aromatic N) is 2. The summed E-state index contributed by atoms with van der Waals surface area (Å²) in [7, 11) is 0. The average molecular weight is 376 g/mol. The molecule has 0 aliphatic heterocycles. The van der Waals surface area contributed by atoms with Crippen molar-refractivity contribution in [2.24, 2.45) is 0 Å². The average Bonchev–Trinajstić information content (AvgIpc) is 2.38. The number of carbonyl (C=O) groups is 1. The number of nitro groups is 1. The van der Waals surface area contributed by atoms with E-state index in [0.717, 1.165) is 0 Å². The minimum Gasteiger partial charge on any atom is -0.395 e. The quantitative estimate of drug-likeness (QED) is 0.355. The molecule has 0 unspecified atom stereocenters. The number of non-ortho nitro benzene ring substituents is 1. The second-order valence-electron chi connectivity index (χ2n) is 3.68. The van der Waals surface area contributed by atoms with Gasteiger partial charge in [-0.2, -0.15) is 0 Å². The summed E-state index contributed by atoms with van der Waals surface area (Å²) in [5.74, 6) is -0.359. The number of amides is 1. The highest BCUT2D eigenvalue weighted by molar-refractivity contribution is 14.1. The largest absolute Gasteiger partial charge is 0.395 e. The summed E-state index contributed by atoms with van der Waals surface area (Å²) in [5, 5.41) is 19.7. The molecule has 0 atom stereocenters. The van der Waals surface area contributed by atoms with Crippen molar-refractivity contribution >= 4 is 34.2 Å². The summed E-state index contributed by atoms with van der Waals surface area (Å²) < 4.78 is 0.625. The van der Waals surface area contributed by atoms with Gasteiger partial charge in [0.1, 0.15) is 0 Å². The normalized spacial score (nSPS) is 10.0. The van der Waals surface area contributed by atoms with Crippen LogP contribution in [0.5, 0.6) is 0 Å². The Kier molecular flexibility index (Phi) is 5.90. The van der Waals surface area contributed by atoms with Crippen molar-refractivity contribution in [1.82, 2.24) is 4.90 Å². The van der Waals surface area contributed by atoms with Gasteiger partial charge in [0.25, 0.3) is 11.6 Å². The summed E-state index contributed by atoms with van der Waals surface area (Å²) in [5.41, 5.74) is 0.122. The number of aliphatic hydroxyl groups is 1. The molecule has 0 spiro atoms. The predicted octanol–water partition coefficient (Wildman–Crippen LogP) is 1.82. The molecule has 1 rings (SSSR count). The maximum absolute atomic E-state index is 12.3. The monoisotopic (exact) mass is 376 g/mol. The number of aliphatic hydroxyl groups excluding tert-OH is 1. The number of carbonyl (C=O) groups excluding carboxylic acids is 1. The molecule has 1 amide bonds. The minimum absolute atomic E-state index is 0.133. The number of benzene rings is 1. The van der Waals surface area contributed by atoms with Crippen molar-refractivity contribution in [3.05, 3.63) is 50.1 Å². The van der Waals surface area contributed by atoms with Crippen LogP contribution in [-0.4, -0.2) is 40.5 Å². The third-order valence-electron chi connectivity index (χ3n) is 2.40. The lowest BCUT2D eigenvalue weighted by Gasteiger charge is -2.20. The SMILES string of the molecule is C=CCN(CCO)C(=O)c1cc([N+](=O)[O-])ccc1I. The summed E-state index contributed by atoms with van der Waals surface area (Å²) in [6.45, 7) is 3.80. The molecule has 7 heteroatoms. The van der Waals surface area contributed by atoms with E-state index in [-0.39, 0.29) is 36.9 Å². The Balaban J connectivity index is 3.12. The second kappa shape index (κ2) is 7.19. The molecule has 0 saturated heterocycles. The first kappa shape index (κ1) is 15.6. The van der Waals surface area contributed by atoms with Crippen LogP contribution in [0.25, 0.3) is 0 Å². The molecule has 0 fully saturated rings. The van der Waals surface area contributed by atoms with Crippen molar-refractivity contribution in [3.8, 4) is 0 Å². The molecule has 102 valence electrons. The number of halogens is 1. The Morgan fingerprint density at radius 1 is 1.58 bits per heavy atom. The number of rotatable bonds is 6. The maximum atomic E-state index is 12.3. The first-order valence-corrected chi connectivity index (χ1v) is 6.54. The lowest BCUT2D eigenvalue weighted by Crippen LogP contribution is -2.34. The van der Waals surface area contributed by atoms with Gasteiger partial charge in [-0.3, -0.25) is 14.9 Å². The van der Waals surface area contributed by atoms with Crippen LogP contribution in [0.2, 0.25) is 0 Å². The summed E-state index contributed by atoms with van der Waals surface area (Å²) in [4.78, 5) is 23.8. The van der Waals surface area contributed by atoms with Gasteiger partial charge in [-0.1, -0.05) is 6.08 Å². The number of hydrogen-bond donors (Lipinski definition) is 1. The van der Waals surface area contributed by atoms with E-state index in [1.807, 2.05) is 22.6 Å². The van der Waals surface area contributed by atoms with Gasteiger partial charge in [-0.25, -0.2) is 0 Å². The topological polar surface area (TPSA) is 83.7 Å². The molecule has 0 aliphatic rings. The van der Waals surface area contributed by atoms with E-state index in [9.17, 15) is 14.9 Å². The summed E-state index contributed by atoms with van der Waals surface area (Å²) in [6.07, 6.45) is 1.54. The van der Waals surface area contributed by atoms with Gasteiger partial charge in [0.05, 0.1) is 17.1 Å². The molecule has 0 bridgehead atoms. The lowest BCUT2D eigenvalue weighted by atomic mass is 10.1. The van der Waals surface area contributed by atoms with Gasteiger partial charge in [-0.15, -0.1) is 6.58 Å². The smallest absolute Gasteiger partial charge is 0.270 e. The van der Waals surface area contributed by atoms with Gasteiger partial charge >= 0.3 is 0 Å². The van der Waals surface area contributed by atoms with Gasteiger partial charge in [0.2, 0.25) is 0 Å². The van der Waals surface area contributed by atoms with Crippen molar-refractivity contribution in [2.45, 2.75) is 0 Å². The third-order valence-corrected chi connectivity index (χ3v) is 3.34. The van der Waals surface area contributed by atoms with Crippen LogP contribution in [0.15, 0.2) is 30.9 Å². The van der Waals surface area contributed by atoms with E-state index in [1.54, 1.807) is 0 Å². The van der Waals surface area contributed by atoms with Crippen LogP contribution >= 0.6 is 22.6 Å².